The molecule has 0 amide bonds. The molecule has 2 aromatic carbocycles. The highest BCUT2D eigenvalue weighted by atomic mass is 79.9. The quantitative estimate of drug-likeness (QED) is 0.624. The fourth-order valence-electron chi connectivity index (χ4n) is 1.84. The third kappa shape index (κ3) is 4.14. The van der Waals surface area contributed by atoms with Crippen molar-refractivity contribution in [2.75, 3.05) is 18.2 Å². The first-order chi connectivity index (χ1) is 10.5. The molecule has 0 bridgehead atoms. The van der Waals surface area contributed by atoms with Gasteiger partial charge in [0, 0.05) is 10.2 Å². The highest BCUT2D eigenvalue weighted by molar-refractivity contribution is 9.10. The van der Waals surface area contributed by atoms with Crippen LogP contribution in [0.15, 0.2) is 46.9 Å². The first kappa shape index (κ1) is 16.2. The van der Waals surface area contributed by atoms with E-state index in [2.05, 4.69) is 26.0 Å². The maximum absolute atomic E-state index is 11.3. The standard InChI is InChI=1S/C16H17BrN2O3/c1-10(16(20)21-2)22-13-6-4-12(5-7-13)19-15-8-3-11(17)9-14(15)18/h3-10,19H,18H2,1-2H3. The van der Waals surface area contributed by atoms with Crippen molar-refractivity contribution in [2.45, 2.75) is 13.0 Å². The summed E-state index contributed by atoms with van der Waals surface area (Å²) in [5.74, 6) is 0.178. The van der Waals surface area contributed by atoms with Crippen LogP contribution in [0.3, 0.4) is 0 Å². The van der Waals surface area contributed by atoms with Gasteiger partial charge in [0.1, 0.15) is 5.75 Å². The number of ether oxygens (including phenoxy) is 2. The monoisotopic (exact) mass is 364 g/mol. The Morgan fingerprint density at radius 3 is 2.50 bits per heavy atom. The van der Waals surface area contributed by atoms with Gasteiger partial charge < -0.3 is 20.5 Å². The number of halogens is 1. The summed E-state index contributed by atoms with van der Waals surface area (Å²) < 4.78 is 11.0. The number of carbonyl (C=O) groups is 1. The van der Waals surface area contributed by atoms with Gasteiger partial charge in [-0.1, -0.05) is 15.9 Å². The predicted octanol–water partition coefficient (Wildman–Crippen LogP) is 3.72. The molecule has 5 nitrogen and oxygen atoms in total. The molecule has 0 saturated carbocycles. The molecular formula is C16H17BrN2O3. The van der Waals surface area contributed by atoms with Crippen LogP contribution in [0, 0.1) is 0 Å². The zero-order valence-corrected chi connectivity index (χ0v) is 13.9. The van der Waals surface area contributed by atoms with E-state index in [0.29, 0.717) is 11.4 Å². The molecule has 0 spiro atoms. The summed E-state index contributed by atoms with van der Waals surface area (Å²) in [5.41, 5.74) is 8.28. The van der Waals surface area contributed by atoms with Crippen LogP contribution in [0.2, 0.25) is 0 Å². The van der Waals surface area contributed by atoms with E-state index in [1.54, 1.807) is 19.1 Å². The van der Waals surface area contributed by atoms with Gasteiger partial charge in [0.25, 0.3) is 0 Å². The van der Waals surface area contributed by atoms with Crippen molar-refractivity contribution in [3.05, 3.63) is 46.9 Å². The number of nitrogen functional groups attached to an aromatic ring is 1. The Morgan fingerprint density at radius 2 is 1.91 bits per heavy atom. The zero-order chi connectivity index (χ0) is 16.1. The summed E-state index contributed by atoms with van der Waals surface area (Å²) in [6.45, 7) is 1.64. The fourth-order valence-corrected chi connectivity index (χ4v) is 2.22. The maximum atomic E-state index is 11.3. The number of carbonyl (C=O) groups excluding carboxylic acids is 1. The topological polar surface area (TPSA) is 73.6 Å². The molecule has 0 aromatic heterocycles. The molecule has 0 aliphatic heterocycles. The SMILES string of the molecule is COC(=O)C(C)Oc1ccc(Nc2ccc(Br)cc2N)cc1. The molecule has 1 unspecified atom stereocenters. The first-order valence-corrected chi connectivity index (χ1v) is 7.45. The number of hydrogen-bond acceptors (Lipinski definition) is 5. The van der Waals surface area contributed by atoms with Gasteiger partial charge >= 0.3 is 5.97 Å². The number of anilines is 3. The van der Waals surface area contributed by atoms with Gasteiger partial charge in [-0.05, 0) is 49.4 Å². The first-order valence-electron chi connectivity index (χ1n) is 6.66. The Hall–Kier alpha value is -2.21. The summed E-state index contributed by atoms with van der Waals surface area (Å²) in [6, 6.07) is 12.9. The van der Waals surface area contributed by atoms with Gasteiger partial charge in [-0.2, -0.15) is 0 Å². The molecule has 1 atom stereocenters. The Kier molecular flexibility index (Phi) is 5.27. The van der Waals surface area contributed by atoms with Crippen LogP contribution < -0.4 is 15.8 Å². The van der Waals surface area contributed by atoms with Crippen molar-refractivity contribution < 1.29 is 14.3 Å². The van der Waals surface area contributed by atoms with E-state index in [1.165, 1.54) is 7.11 Å². The van der Waals surface area contributed by atoms with Gasteiger partial charge in [-0.25, -0.2) is 4.79 Å². The van der Waals surface area contributed by atoms with Gasteiger partial charge in [0.15, 0.2) is 6.10 Å². The lowest BCUT2D eigenvalue weighted by molar-refractivity contribution is -0.147. The van der Waals surface area contributed by atoms with Crippen LogP contribution >= 0.6 is 15.9 Å². The van der Waals surface area contributed by atoms with E-state index < -0.39 is 12.1 Å². The summed E-state index contributed by atoms with van der Waals surface area (Å²) in [5, 5.41) is 3.22. The molecule has 2 aromatic rings. The lowest BCUT2D eigenvalue weighted by Crippen LogP contribution is -2.24. The number of nitrogens with one attached hydrogen (secondary N) is 1. The second kappa shape index (κ2) is 7.17. The minimum atomic E-state index is -0.647. The number of benzene rings is 2. The van der Waals surface area contributed by atoms with Crippen LogP contribution in [0.4, 0.5) is 17.1 Å². The number of methoxy groups -OCH3 is 1. The average Bonchev–Trinajstić information content (AvgIpc) is 2.51. The number of hydrogen-bond donors (Lipinski definition) is 2. The van der Waals surface area contributed by atoms with Gasteiger partial charge in [0.05, 0.1) is 18.5 Å². The van der Waals surface area contributed by atoms with Crippen LogP contribution in [0.1, 0.15) is 6.92 Å². The van der Waals surface area contributed by atoms with Crippen LogP contribution in [0.25, 0.3) is 0 Å². The van der Waals surface area contributed by atoms with E-state index in [4.69, 9.17) is 10.5 Å². The summed E-state index contributed by atoms with van der Waals surface area (Å²) in [6.07, 6.45) is -0.647. The van der Waals surface area contributed by atoms with E-state index in [1.807, 2.05) is 30.3 Å². The molecule has 0 saturated heterocycles. The van der Waals surface area contributed by atoms with Gasteiger partial charge in [0.2, 0.25) is 0 Å². The smallest absolute Gasteiger partial charge is 0.346 e. The average molecular weight is 365 g/mol. The Morgan fingerprint density at radius 1 is 1.23 bits per heavy atom. The van der Waals surface area contributed by atoms with Crippen molar-refractivity contribution in [1.82, 2.24) is 0 Å². The highest BCUT2D eigenvalue weighted by Crippen LogP contribution is 2.27. The van der Waals surface area contributed by atoms with Crippen LogP contribution in [-0.4, -0.2) is 19.2 Å². The van der Waals surface area contributed by atoms with Gasteiger partial charge in [-0.3, -0.25) is 0 Å². The molecule has 0 radical (unpaired) electrons. The molecule has 6 heteroatoms. The highest BCUT2D eigenvalue weighted by Gasteiger charge is 2.14. The molecule has 0 fully saturated rings. The molecule has 0 aliphatic carbocycles. The second-order valence-electron chi connectivity index (χ2n) is 4.66. The summed E-state index contributed by atoms with van der Waals surface area (Å²) in [4.78, 5) is 11.3. The number of esters is 1. The van der Waals surface area contributed by atoms with Crippen molar-refractivity contribution in [3.63, 3.8) is 0 Å². The maximum Gasteiger partial charge on any atom is 0.346 e. The van der Waals surface area contributed by atoms with Crippen molar-refractivity contribution >= 4 is 39.0 Å². The predicted molar refractivity (Wildman–Crippen MR) is 90.4 cm³/mol. The molecule has 2 rings (SSSR count). The van der Waals surface area contributed by atoms with Crippen molar-refractivity contribution in [3.8, 4) is 5.75 Å². The molecule has 22 heavy (non-hydrogen) atoms. The Labute approximate surface area is 137 Å². The van der Waals surface area contributed by atoms with Gasteiger partial charge in [-0.15, -0.1) is 0 Å². The fraction of sp³-hybridized carbons (Fsp3) is 0.188. The minimum Gasteiger partial charge on any atom is -0.479 e. The Balaban J connectivity index is 2.04. The second-order valence-corrected chi connectivity index (χ2v) is 5.58. The summed E-state index contributed by atoms with van der Waals surface area (Å²) >= 11 is 3.37. The largest absolute Gasteiger partial charge is 0.479 e. The molecule has 116 valence electrons. The van der Waals surface area contributed by atoms with E-state index >= 15 is 0 Å². The lowest BCUT2D eigenvalue weighted by Gasteiger charge is -2.13. The minimum absolute atomic E-state index is 0.412. The zero-order valence-electron chi connectivity index (χ0n) is 12.3. The van der Waals surface area contributed by atoms with E-state index in [0.717, 1.165) is 15.8 Å². The third-order valence-corrected chi connectivity index (χ3v) is 3.49. The molecule has 0 aliphatic rings. The molecule has 0 heterocycles. The van der Waals surface area contributed by atoms with E-state index in [-0.39, 0.29) is 0 Å². The lowest BCUT2D eigenvalue weighted by atomic mass is 10.2. The van der Waals surface area contributed by atoms with E-state index in [9.17, 15) is 4.79 Å². The van der Waals surface area contributed by atoms with Crippen molar-refractivity contribution in [1.29, 1.82) is 0 Å². The summed E-state index contributed by atoms with van der Waals surface area (Å²) in [7, 11) is 1.33. The van der Waals surface area contributed by atoms with Crippen molar-refractivity contribution in [2.24, 2.45) is 0 Å². The molecule has 3 N–H and O–H groups in total. The van der Waals surface area contributed by atoms with Crippen LogP contribution in [-0.2, 0) is 9.53 Å². The Bertz CT molecular complexity index is 659. The molecular weight excluding hydrogens is 348 g/mol. The third-order valence-electron chi connectivity index (χ3n) is 2.99. The normalized spacial score (nSPS) is 11.6. The van der Waals surface area contributed by atoms with Crippen LogP contribution in [0.5, 0.6) is 5.75 Å². The number of rotatable bonds is 5. The number of nitrogens with two attached hydrogens (primary N) is 1.